The maximum Gasteiger partial charge on any atom is 0.171 e. The highest BCUT2D eigenvalue weighted by Crippen LogP contribution is 2.52. The predicted octanol–water partition coefficient (Wildman–Crippen LogP) is 2.33. The van der Waals surface area contributed by atoms with Gasteiger partial charge in [0.2, 0.25) is 0 Å². The second kappa shape index (κ2) is 5.19. The smallest absolute Gasteiger partial charge is 0.171 e. The molecule has 2 fully saturated rings. The molecule has 0 radical (unpaired) electrons. The minimum absolute atomic E-state index is 0.182. The third kappa shape index (κ3) is 2.26. The molecule has 0 spiro atoms. The van der Waals surface area contributed by atoms with Crippen molar-refractivity contribution in [2.24, 2.45) is 29.6 Å². The molecule has 19 heavy (non-hydrogen) atoms. The monoisotopic (exact) mass is 266 g/mol. The van der Waals surface area contributed by atoms with Crippen LogP contribution in [0.1, 0.15) is 38.5 Å². The number of fused-ring (bicyclic) bond motifs is 2. The van der Waals surface area contributed by atoms with E-state index in [2.05, 4.69) is 12.2 Å². The topological polar surface area (TPSA) is 49.7 Å². The summed E-state index contributed by atoms with van der Waals surface area (Å²) in [5.41, 5.74) is 0. The summed E-state index contributed by atoms with van der Waals surface area (Å²) in [7, 11) is 1.65. The molecule has 3 aliphatic carbocycles. The average molecular weight is 266 g/mol. The fourth-order valence-corrected chi connectivity index (χ4v) is 4.71. The second-order valence-corrected chi connectivity index (χ2v) is 6.75. The van der Waals surface area contributed by atoms with E-state index in [0.29, 0.717) is 17.8 Å². The van der Waals surface area contributed by atoms with E-state index in [-0.39, 0.29) is 18.4 Å². The molecule has 0 aromatic heterocycles. The lowest BCUT2D eigenvalue weighted by atomic mass is 9.70. The molecule has 0 aromatic rings. The molecule has 108 valence electrons. The van der Waals surface area contributed by atoms with Crippen LogP contribution in [-0.4, -0.2) is 29.7 Å². The Labute approximate surface area is 115 Å². The summed E-state index contributed by atoms with van der Waals surface area (Å²) >= 11 is 0. The van der Waals surface area contributed by atoms with Gasteiger partial charge in [0, 0.05) is 25.6 Å². The maximum absolute atomic E-state index is 11.1. The number of methoxy groups -OCH3 is 1. The van der Waals surface area contributed by atoms with E-state index < -0.39 is 5.79 Å². The van der Waals surface area contributed by atoms with Gasteiger partial charge in [0.05, 0.1) is 0 Å². The molecule has 2 N–H and O–H groups in total. The van der Waals surface area contributed by atoms with Crippen LogP contribution >= 0.6 is 0 Å². The van der Waals surface area contributed by atoms with E-state index in [9.17, 15) is 10.2 Å². The summed E-state index contributed by atoms with van der Waals surface area (Å²) in [6, 6.07) is 0. The van der Waals surface area contributed by atoms with Gasteiger partial charge in [-0.05, 0) is 49.9 Å². The molecule has 2 bridgehead atoms. The molecule has 0 saturated heterocycles. The van der Waals surface area contributed by atoms with Gasteiger partial charge < -0.3 is 14.9 Å². The van der Waals surface area contributed by atoms with Crippen molar-refractivity contribution in [1.29, 1.82) is 0 Å². The van der Waals surface area contributed by atoms with Gasteiger partial charge in [-0.1, -0.05) is 18.6 Å². The lowest BCUT2D eigenvalue weighted by Crippen LogP contribution is -2.50. The number of hydrogen-bond acceptors (Lipinski definition) is 3. The minimum Gasteiger partial charge on any atom is -0.396 e. The Balaban J connectivity index is 1.76. The molecule has 0 amide bonds. The third-order valence-electron chi connectivity index (χ3n) is 5.76. The number of aliphatic hydroxyl groups is 2. The average Bonchev–Trinajstić information content (AvgIpc) is 3.09. The number of rotatable bonds is 4. The standard InChI is InChI=1S/C16H26O3/c1-19-16(18,14-4-2-3-12(8-14)10-17)15-9-11-5-6-13(15)7-11/h5-6,11-15,17-18H,2-4,7-10H2,1H3. The zero-order valence-corrected chi connectivity index (χ0v) is 11.8. The van der Waals surface area contributed by atoms with E-state index in [4.69, 9.17) is 4.74 Å². The largest absolute Gasteiger partial charge is 0.396 e. The Morgan fingerprint density at radius 1 is 1.21 bits per heavy atom. The molecule has 3 rings (SSSR count). The Bertz CT molecular complexity index is 354. The summed E-state index contributed by atoms with van der Waals surface area (Å²) in [5, 5.41) is 20.5. The van der Waals surface area contributed by atoms with Crippen molar-refractivity contribution in [3.05, 3.63) is 12.2 Å². The van der Waals surface area contributed by atoms with Crippen molar-refractivity contribution < 1.29 is 14.9 Å². The molecule has 3 nitrogen and oxygen atoms in total. The van der Waals surface area contributed by atoms with Crippen molar-refractivity contribution in [3.8, 4) is 0 Å². The zero-order chi connectivity index (χ0) is 13.5. The van der Waals surface area contributed by atoms with Crippen LogP contribution in [0, 0.1) is 29.6 Å². The van der Waals surface area contributed by atoms with E-state index in [1.54, 1.807) is 7.11 Å². The quantitative estimate of drug-likeness (QED) is 0.606. The molecule has 0 aromatic carbocycles. The first kappa shape index (κ1) is 13.6. The summed E-state index contributed by atoms with van der Waals surface area (Å²) in [6.45, 7) is 0.243. The van der Waals surface area contributed by atoms with Crippen molar-refractivity contribution >= 4 is 0 Å². The van der Waals surface area contributed by atoms with Crippen LogP contribution in [0.4, 0.5) is 0 Å². The Hall–Kier alpha value is -0.380. The number of allylic oxidation sites excluding steroid dienone is 2. The van der Waals surface area contributed by atoms with Crippen LogP contribution in [0.3, 0.4) is 0 Å². The van der Waals surface area contributed by atoms with E-state index in [0.717, 1.165) is 32.1 Å². The third-order valence-corrected chi connectivity index (χ3v) is 5.76. The van der Waals surface area contributed by atoms with Gasteiger partial charge in [-0.25, -0.2) is 0 Å². The molecule has 0 heterocycles. The highest BCUT2D eigenvalue weighted by Gasteiger charge is 2.52. The molecule has 0 aliphatic heterocycles. The Morgan fingerprint density at radius 2 is 2.05 bits per heavy atom. The van der Waals surface area contributed by atoms with Gasteiger partial charge in [0.15, 0.2) is 5.79 Å². The number of aliphatic hydroxyl groups excluding tert-OH is 1. The van der Waals surface area contributed by atoms with Crippen molar-refractivity contribution in [2.45, 2.75) is 44.3 Å². The molecule has 6 atom stereocenters. The first-order valence-corrected chi connectivity index (χ1v) is 7.74. The van der Waals surface area contributed by atoms with Crippen LogP contribution in [0.5, 0.6) is 0 Å². The fraction of sp³-hybridized carbons (Fsp3) is 0.875. The summed E-state index contributed by atoms with van der Waals surface area (Å²) in [6.07, 6.45) is 10.9. The first-order chi connectivity index (χ1) is 9.17. The van der Waals surface area contributed by atoms with Crippen molar-refractivity contribution in [1.82, 2.24) is 0 Å². The van der Waals surface area contributed by atoms with E-state index in [1.165, 1.54) is 6.42 Å². The summed E-state index contributed by atoms with van der Waals surface area (Å²) in [4.78, 5) is 0. The van der Waals surface area contributed by atoms with Gasteiger partial charge in [-0.2, -0.15) is 0 Å². The van der Waals surface area contributed by atoms with Crippen molar-refractivity contribution in [3.63, 3.8) is 0 Å². The van der Waals surface area contributed by atoms with Gasteiger partial charge in [0.25, 0.3) is 0 Å². The van der Waals surface area contributed by atoms with Crippen LogP contribution in [0.2, 0.25) is 0 Å². The van der Waals surface area contributed by atoms with Crippen LogP contribution < -0.4 is 0 Å². The van der Waals surface area contributed by atoms with Crippen LogP contribution in [0.25, 0.3) is 0 Å². The molecule has 6 unspecified atom stereocenters. The number of ether oxygens (including phenoxy) is 1. The zero-order valence-electron chi connectivity index (χ0n) is 11.8. The highest BCUT2D eigenvalue weighted by atomic mass is 16.6. The normalized spacial score (nSPS) is 44.5. The van der Waals surface area contributed by atoms with Gasteiger partial charge in [-0.15, -0.1) is 0 Å². The van der Waals surface area contributed by atoms with Crippen LogP contribution in [0.15, 0.2) is 12.2 Å². The molecular formula is C16H26O3. The second-order valence-electron chi connectivity index (χ2n) is 6.75. The van der Waals surface area contributed by atoms with E-state index >= 15 is 0 Å². The van der Waals surface area contributed by atoms with Gasteiger partial charge in [-0.3, -0.25) is 0 Å². The first-order valence-electron chi connectivity index (χ1n) is 7.74. The molecular weight excluding hydrogens is 240 g/mol. The summed E-state index contributed by atoms with van der Waals surface area (Å²) in [5.74, 6) is 0.918. The Morgan fingerprint density at radius 3 is 2.63 bits per heavy atom. The van der Waals surface area contributed by atoms with Crippen molar-refractivity contribution in [2.75, 3.05) is 13.7 Å². The maximum atomic E-state index is 11.1. The molecule has 3 heteroatoms. The lowest BCUT2D eigenvalue weighted by Gasteiger charge is -2.45. The summed E-state index contributed by atoms with van der Waals surface area (Å²) < 4.78 is 5.65. The molecule has 3 aliphatic rings. The lowest BCUT2D eigenvalue weighted by molar-refractivity contribution is -0.267. The highest BCUT2D eigenvalue weighted by molar-refractivity contribution is 5.13. The Kier molecular flexibility index (Phi) is 3.71. The predicted molar refractivity (Wildman–Crippen MR) is 73.3 cm³/mol. The minimum atomic E-state index is -0.988. The van der Waals surface area contributed by atoms with E-state index in [1.807, 2.05) is 0 Å². The van der Waals surface area contributed by atoms with Crippen LogP contribution in [-0.2, 0) is 4.74 Å². The van der Waals surface area contributed by atoms with Gasteiger partial charge >= 0.3 is 0 Å². The molecule has 2 saturated carbocycles. The number of hydrogen-bond donors (Lipinski definition) is 2. The van der Waals surface area contributed by atoms with Gasteiger partial charge in [0.1, 0.15) is 0 Å². The SMILES string of the molecule is COC(O)(C1CCCC(CO)C1)C1CC2C=CC1C2. The fourth-order valence-electron chi connectivity index (χ4n) is 4.71.